The Balaban J connectivity index is 2.36. The number of rotatable bonds is 7. The minimum atomic E-state index is -1.54. The molecule has 0 radical (unpaired) electrons. The summed E-state index contributed by atoms with van der Waals surface area (Å²) in [5, 5.41) is 15.6. The molecule has 0 fully saturated rings. The van der Waals surface area contributed by atoms with E-state index in [-0.39, 0.29) is 22.0 Å². The third kappa shape index (κ3) is 5.27. The third-order valence-corrected chi connectivity index (χ3v) is 4.68. The summed E-state index contributed by atoms with van der Waals surface area (Å²) in [6.45, 7) is 3.30. The van der Waals surface area contributed by atoms with Crippen LogP contribution in [0.25, 0.3) is 0 Å². The second-order valence-corrected chi connectivity index (χ2v) is 6.46. The molecule has 1 aromatic carbocycles. The van der Waals surface area contributed by atoms with E-state index in [1.807, 2.05) is 0 Å². The molecule has 0 bridgehead atoms. The summed E-state index contributed by atoms with van der Waals surface area (Å²) in [5.74, 6) is -3.48. The van der Waals surface area contributed by atoms with Crippen molar-refractivity contribution in [1.82, 2.24) is 0 Å². The van der Waals surface area contributed by atoms with Gasteiger partial charge in [0.1, 0.15) is 5.00 Å². The highest BCUT2D eigenvalue weighted by atomic mass is 32.1. The lowest BCUT2D eigenvalue weighted by Crippen LogP contribution is -2.20. The maximum atomic E-state index is 12.6. The Hall–Kier alpha value is -3.46. The molecule has 0 aliphatic rings. The van der Waals surface area contributed by atoms with Crippen LogP contribution in [0.2, 0.25) is 0 Å². The van der Waals surface area contributed by atoms with Crippen LogP contribution in [-0.4, -0.2) is 30.4 Å². The fourth-order valence-electron chi connectivity index (χ4n) is 2.27. The molecule has 9 heteroatoms. The molecule has 146 valence electrons. The van der Waals surface area contributed by atoms with Crippen molar-refractivity contribution >= 4 is 45.8 Å². The minimum Gasteiger partial charge on any atom is -0.545 e. The predicted molar refractivity (Wildman–Crippen MR) is 102 cm³/mol. The summed E-state index contributed by atoms with van der Waals surface area (Å²) < 4.78 is 5.00. The summed E-state index contributed by atoms with van der Waals surface area (Å²) in [4.78, 5) is 47.5. The first-order valence-electron chi connectivity index (χ1n) is 8.20. The molecule has 2 N–H and O–H groups in total. The number of carbonyl (C=O) groups excluding carboxylic acids is 4. The van der Waals surface area contributed by atoms with Gasteiger partial charge in [0, 0.05) is 11.8 Å². The molecular formula is C19H17N2O6S-. The maximum Gasteiger partial charge on any atom is 0.341 e. The Morgan fingerprint density at radius 2 is 1.79 bits per heavy atom. The molecule has 8 nitrogen and oxygen atoms in total. The molecular weight excluding hydrogens is 384 g/mol. The number of hydrogen-bond donors (Lipinski definition) is 2. The third-order valence-electron chi connectivity index (χ3n) is 3.47. The van der Waals surface area contributed by atoms with Gasteiger partial charge in [-0.25, -0.2) is 4.79 Å². The van der Waals surface area contributed by atoms with Crippen molar-refractivity contribution < 1.29 is 29.0 Å². The van der Waals surface area contributed by atoms with E-state index in [0.717, 1.165) is 17.4 Å². The van der Waals surface area contributed by atoms with Gasteiger partial charge in [0.05, 0.1) is 23.0 Å². The van der Waals surface area contributed by atoms with Crippen LogP contribution in [0.5, 0.6) is 0 Å². The monoisotopic (exact) mass is 401 g/mol. The molecule has 0 unspecified atom stereocenters. The number of para-hydroxylation sites is 1. The van der Waals surface area contributed by atoms with E-state index in [4.69, 9.17) is 4.74 Å². The zero-order chi connectivity index (χ0) is 20.7. The van der Waals surface area contributed by atoms with Crippen molar-refractivity contribution in [2.45, 2.75) is 13.8 Å². The molecule has 1 aromatic heterocycles. The number of thiophene rings is 1. The Morgan fingerprint density at radius 1 is 1.11 bits per heavy atom. The van der Waals surface area contributed by atoms with Crippen molar-refractivity contribution in [1.29, 1.82) is 0 Å². The molecule has 0 saturated carbocycles. The number of ether oxygens (including phenoxy) is 1. The molecule has 2 aromatic rings. The van der Waals surface area contributed by atoms with Crippen molar-refractivity contribution in [3.05, 3.63) is 58.5 Å². The molecule has 0 saturated heterocycles. The van der Waals surface area contributed by atoms with Gasteiger partial charge in [0.25, 0.3) is 5.91 Å². The minimum absolute atomic E-state index is 0.0419. The number of carbonyl (C=O) groups is 4. The van der Waals surface area contributed by atoms with Gasteiger partial charge < -0.3 is 25.3 Å². The van der Waals surface area contributed by atoms with E-state index in [0.29, 0.717) is 17.3 Å². The number of aliphatic carboxylic acids is 1. The van der Waals surface area contributed by atoms with E-state index in [2.05, 4.69) is 10.6 Å². The number of esters is 1. The Bertz CT molecular complexity index is 933. The maximum absolute atomic E-state index is 12.6. The average Bonchev–Trinajstić information content (AvgIpc) is 2.97. The van der Waals surface area contributed by atoms with Gasteiger partial charge in [-0.1, -0.05) is 18.2 Å². The van der Waals surface area contributed by atoms with E-state index in [1.165, 1.54) is 0 Å². The van der Waals surface area contributed by atoms with Crippen LogP contribution in [0.15, 0.2) is 42.5 Å². The van der Waals surface area contributed by atoms with Crippen LogP contribution in [0, 0.1) is 6.92 Å². The predicted octanol–water partition coefficient (Wildman–Crippen LogP) is 1.73. The first-order valence-corrected chi connectivity index (χ1v) is 9.02. The molecule has 0 aliphatic heterocycles. The average molecular weight is 401 g/mol. The smallest absolute Gasteiger partial charge is 0.341 e. The van der Waals surface area contributed by atoms with E-state index < -0.39 is 23.8 Å². The van der Waals surface area contributed by atoms with Crippen LogP contribution in [0.4, 0.5) is 10.7 Å². The van der Waals surface area contributed by atoms with Gasteiger partial charge in [0.15, 0.2) is 0 Å². The molecule has 0 atom stereocenters. The summed E-state index contributed by atoms with van der Waals surface area (Å²) in [7, 11) is 0. The summed E-state index contributed by atoms with van der Waals surface area (Å²) in [6, 6.07) is 8.74. The number of hydrogen-bond acceptors (Lipinski definition) is 7. The van der Waals surface area contributed by atoms with E-state index >= 15 is 0 Å². The molecule has 28 heavy (non-hydrogen) atoms. The van der Waals surface area contributed by atoms with Crippen LogP contribution >= 0.6 is 11.3 Å². The lowest BCUT2D eigenvalue weighted by molar-refractivity contribution is -0.297. The molecule has 2 amide bonds. The van der Waals surface area contributed by atoms with Gasteiger partial charge in [0.2, 0.25) is 5.91 Å². The van der Waals surface area contributed by atoms with Gasteiger partial charge in [-0.05, 0) is 37.6 Å². The van der Waals surface area contributed by atoms with Crippen LogP contribution < -0.4 is 15.7 Å². The lowest BCUT2D eigenvalue weighted by Gasteiger charge is -2.06. The normalized spacial score (nSPS) is 10.5. The van der Waals surface area contributed by atoms with Crippen molar-refractivity contribution in [3.8, 4) is 0 Å². The molecule has 2 rings (SSSR count). The highest BCUT2D eigenvalue weighted by Crippen LogP contribution is 2.34. The van der Waals surface area contributed by atoms with Crippen molar-refractivity contribution in [3.63, 3.8) is 0 Å². The summed E-state index contributed by atoms with van der Waals surface area (Å²) in [6.07, 6.45) is 1.31. The van der Waals surface area contributed by atoms with Crippen LogP contribution in [0.3, 0.4) is 0 Å². The molecule has 0 aliphatic carbocycles. The number of nitrogens with one attached hydrogen (secondary N) is 2. The largest absolute Gasteiger partial charge is 0.545 e. The van der Waals surface area contributed by atoms with Crippen LogP contribution in [-0.2, 0) is 14.3 Å². The first-order chi connectivity index (χ1) is 13.3. The van der Waals surface area contributed by atoms with E-state index in [1.54, 1.807) is 44.2 Å². The van der Waals surface area contributed by atoms with Crippen LogP contribution in [0.1, 0.15) is 32.5 Å². The number of carboxylic acids is 1. The molecule has 0 spiro atoms. The number of carboxylic acid groups (broad SMARTS) is 1. The number of amides is 2. The van der Waals surface area contributed by atoms with Gasteiger partial charge >= 0.3 is 5.97 Å². The SMILES string of the molecule is CCOC(=O)c1c(NC(=O)C=CC(=O)[O-])sc(C(=O)Nc2ccccc2)c1C. The van der Waals surface area contributed by atoms with Gasteiger partial charge in [-0.3, -0.25) is 9.59 Å². The Kier molecular flexibility index (Phi) is 7.05. The number of anilines is 2. The lowest BCUT2D eigenvalue weighted by atomic mass is 10.1. The first kappa shape index (κ1) is 20.8. The Morgan fingerprint density at radius 3 is 2.39 bits per heavy atom. The van der Waals surface area contributed by atoms with Gasteiger partial charge in [-0.15, -0.1) is 11.3 Å². The zero-order valence-electron chi connectivity index (χ0n) is 15.1. The molecule has 1 heterocycles. The second kappa shape index (κ2) is 9.47. The quantitative estimate of drug-likeness (QED) is 0.538. The van der Waals surface area contributed by atoms with Crippen molar-refractivity contribution in [2.24, 2.45) is 0 Å². The highest BCUT2D eigenvalue weighted by molar-refractivity contribution is 7.19. The second-order valence-electron chi connectivity index (χ2n) is 5.44. The fraction of sp³-hybridized carbons (Fsp3) is 0.158. The van der Waals surface area contributed by atoms with Gasteiger partial charge in [-0.2, -0.15) is 0 Å². The Labute approximate surface area is 164 Å². The summed E-state index contributed by atoms with van der Waals surface area (Å²) in [5.41, 5.74) is 0.955. The summed E-state index contributed by atoms with van der Waals surface area (Å²) >= 11 is 0.888. The van der Waals surface area contributed by atoms with Crippen molar-refractivity contribution in [2.75, 3.05) is 17.2 Å². The highest BCUT2D eigenvalue weighted by Gasteiger charge is 2.26. The topological polar surface area (TPSA) is 125 Å². The fourth-order valence-corrected chi connectivity index (χ4v) is 3.37. The number of benzene rings is 1. The zero-order valence-corrected chi connectivity index (χ0v) is 15.9. The standard InChI is InChI=1S/C19H18N2O6S/c1-3-27-19(26)15-11(2)16(17(25)20-12-7-5-4-6-8-12)28-18(15)21-13(22)9-10-14(23)24/h4-10H,3H2,1-2H3,(H,20,25)(H,21,22)(H,23,24)/p-1. The van der Waals surface area contributed by atoms with E-state index in [9.17, 15) is 24.3 Å².